The monoisotopic (exact) mass is 344 g/mol. The zero-order chi connectivity index (χ0) is 17.5. The van der Waals surface area contributed by atoms with E-state index in [0.29, 0.717) is 11.6 Å². The number of rotatable bonds is 3. The van der Waals surface area contributed by atoms with Gasteiger partial charge < -0.3 is 14.2 Å². The molecule has 6 heteroatoms. The van der Waals surface area contributed by atoms with Crippen molar-refractivity contribution in [1.29, 1.82) is 5.26 Å². The van der Waals surface area contributed by atoms with Crippen LogP contribution in [0.4, 0.5) is 11.5 Å². The molecule has 26 heavy (non-hydrogen) atoms. The lowest BCUT2D eigenvalue weighted by molar-refractivity contribution is 0.646. The average molecular weight is 344 g/mol. The second-order valence-corrected chi connectivity index (χ2v) is 7.06. The van der Waals surface area contributed by atoms with Gasteiger partial charge in [0, 0.05) is 44.5 Å². The summed E-state index contributed by atoms with van der Waals surface area (Å²) in [4.78, 5) is 13.8. The van der Waals surface area contributed by atoms with Gasteiger partial charge in [-0.15, -0.1) is 0 Å². The molecular formula is C20H20N6. The number of hydrogen-bond acceptors (Lipinski definition) is 5. The van der Waals surface area contributed by atoms with E-state index in [9.17, 15) is 0 Å². The Morgan fingerprint density at radius 1 is 0.923 bits per heavy atom. The van der Waals surface area contributed by atoms with Gasteiger partial charge in [0.05, 0.1) is 11.4 Å². The standard InChI is InChI=1S/C20H20N6/c21-12-16-2-1-3-19(22-16)25-10-8-24(9-11-25)17-6-7-20-23-18(15-4-5-15)14-26(20)13-17/h1-3,6-7,13-15H,4-5,8-11H2. The van der Waals surface area contributed by atoms with Crippen molar-refractivity contribution >= 4 is 17.2 Å². The number of fused-ring (bicyclic) bond motifs is 1. The first kappa shape index (κ1) is 15.2. The number of pyridine rings is 2. The van der Waals surface area contributed by atoms with Crippen LogP contribution in [0.1, 0.15) is 30.1 Å². The summed E-state index contributed by atoms with van der Waals surface area (Å²) in [7, 11) is 0. The molecule has 3 aromatic rings. The van der Waals surface area contributed by atoms with Gasteiger partial charge in [-0.25, -0.2) is 9.97 Å². The summed E-state index contributed by atoms with van der Waals surface area (Å²) in [6.07, 6.45) is 6.93. The largest absolute Gasteiger partial charge is 0.367 e. The van der Waals surface area contributed by atoms with Crippen molar-refractivity contribution < 1.29 is 0 Å². The molecule has 0 spiro atoms. The molecule has 5 rings (SSSR count). The van der Waals surface area contributed by atoms with Gasteiger partial charge in [0.1, 0.15) is 23.2 Å². The van der Waals surface area contributed by atoms with Crippen molar-refractivity contribution in [2.45, 2.75) is 18.8 Å². The lowest BCUT2D eigenvalue weighted by Gasteiger charge is -2.36. The van der Waals surface area contributed by atoms with Crippen molar-refractivity contribution in [3.63, 3.8) is 0 Å². The summed E-state index contributed by atoms with van der Waals surface area (Å²) in [6, 6.07) is 12.0. The molecule has 1 saturated carbocycles. The maximum absolute atomic E-state index is 9.03. The SMILES string of the molecule is N#Cc1cccc(N2CCN(c3ccc4nc(C5CC5)cn4c3)CC2)n1. The summed E-state index contributed by atoms with van der Waals surface area (Å²) in [5.41, 5.74) is 3.97. The first-order valence-corrected chi connectivity index (χ1v) is 9.16. The Kier molecular flexibility index (Phi) is 3.52. The highest BCUT2D eigenvalue weighted by atomic mass is 15.3. The van der Waals surface area contributed by atoms with E-state index in [0.717, 1.165) is 37.6 Å². The van der Waals surface area contributed by atoms with Crippen LogP contribution in [-0.4, -0.2) is 40.5 Å². The molecule has 3 aromatic heterocycles. The lowest BCUT2D eigenvalue weighted by atomic mass is 10.2. The summed E-state index contributed by atoms with van der Waals surface area (Å²) in [5.74, 6) is 1.57. The first-order chi connectivity index (χ1) is 12.8. The van der Waals surface area contributed by atoms with Gasteiger partial charge in [0.25, 0.3) is 0 Å². The molecule has 2 aliphatic rings. The highest BCUT2D eigenvalue weighted by molar-refractivity contribution is 5.54. The molecule has 0 amide bonds. The molecule has 0 radical (unpaired) electrons. The molecule has 1 saturated heterocycles. The van der Waals surface area contributed by atoms with Gasteiger partial charge in [0.2, 0.25) is 0 Å². The maximum atomic E-state index is 9.03. The minimum atomic E-state index is 0.474. The number of imidazole rings is 1. The normalized spacial score (nSPS) is 17.5. The quantitative estimate of drug-likeness (QED) is 0.731. The highest BCUT2D eigenvalue weighted by Crippen LogP contribution is 2.39. The van der Waals surface area contributed by atoms with E-state index in [2.05, 4.69) is 49.8 Å². The van der Waals surface area contributed by atoms with Crippen molar-refractivity contribution in [3.05, 3.63) is 54.1 Å². The Morgan fingerprint density at radius 3 is 2.50 bits per heavy atom. The van der Waals surface area contributed by atoms with Gasteiger partial charge >= 0.3 is 0 Å². The fourth-order valence-corrected chi connectivity index (χ4v) is 3.62. The average Bonchev–Trinajstić information content (AvgIpc) is 3.47. The number of piperazine rings is 1. The highest BCUT2D eigenvalue weighted by Gasteiger charge is 2.26. The molecule has 0 atom stereocenters. The Morgan fingerprint density at radius 2 is 1.73 bits per heavy atom. The van der Waals surface area contributed by atoms with Crippen LogP contribution in [0.3, 0.4) is 0 Å². The van der Waals surface area contributed by atoms with Crippen LogP contribution in [0.25, 0.3) is 5.65 Å². The molecule has 6 nitrogen and oxygen atoms in total. The number of nitriles is 1. The van der Waals surface area contributed by atoms with E-state index in [1.54, 1.807) is 6.07 Å². The van der Waals surface area contributed by atoms with E-state index in [1.807, 2.05) is 12.1 Å². The summed E-state index contributed by atoms with van der Waals surface area (Å²) in [5, 5.41) is 9.03. The van der Waals surface area contributed by atoms with E-state index in [1.165, 1.54) is 24.2 Å². The van der Waals surface area contributed by atoms with Gasteiger partial charge in [-0.05, 0) is 37.1 Å². The smallest absolute Gasteiger partial charge is 0.142 e. The van der Waals surface area contributed by atoms with Crippen LogP contribution in [0, 0.1) is 11.3 Å². The Labute approximate surface area is 152 Å². The van der Waals surface area contributed by atoms with Crippen molar-refractivity contribution in [2.24, 2.45) is 0 Å². The van der Waals surface area contributed by atoms with Crippen LogP contribution in [0.2, 0.25) is 0 Å². The topological polar surface area (TPSA) is 60.5 Å². The molecule has 0 unspecified atom stereocenters. The third-order valence-corrected chi connectivity index (χ3v) is 5.27. The number of aromatic nitrogens is 3. The van der Waals surface area contributed by atoms with Crippen LogP contribution < -0.4 is 9.80 Å². The van der Waals surface area contributed by atoms with Crippen LogP contribution in [0.5, 0.6) is 0 Å². The molecule has 1 aliphatic carbocycles. The van der Waals surface area contributed by atoms with Gasteiger partial charge in [0.15, 0.2) is 0 Å². The van der Waals surface area contributed by atoms with Crippen molar-refractivity contribution in [3.8, 4) is 6.07 Å². The predicted octanol–water partition coefficient (Wildman–Crippen LogP) is 2.80. The third kappa shape index (κ3) is 2.76. The van der Waals surface area contributed by atoms with E-state index in [-0.39, 0.29) is 0 Å². The summed E-state index contributed by atoms with van der Waals surface area (Å²) >= 11 is 0. The number of hydrogen-bond donors (Lipinski definition) is 0. The molecule has 0 aromatic carbocycles. The van der Waals surface area contributed by atoms with E-state index < -0.39 is 0 Å². The van der Waals surface area contributed by atoms with E-state index in [4.69, 9.17) is 10.2 Å². The lowest BCUT2D eigenvalue weighted by Crippen LogP contribution is -2.46. The Hall–Kier alpha value is -3.07. The summed E-state index contributed by atoms with van der Waals surface area (Å²) in [6.45, 7) is 3.68. The molecule has 0 bridgehead atoms. The zero-order valence-corrected chi connectivity index (χ0v) is 14.5. The Bertz CT molecular complexity index is 989. The number of nitrogens with zero attached hydrogens (tertiary/aromatic N) is 6. The van der Waals surface area contributed by atoms with Crippen LogP contribution in [-0.2, 0) is 0 Å². The van der Waals surface area contributed by atoms with Gasteiger partial charge in [-0.3, -0.25) is 0 Å². The molecule has 130 valence electrons. The van der Waals surface area contributed by atoms with Gasteiger partial charge in [-0.1, -0.05) is 6.07 Å². The minimum absolute atomic E-state index is 0.474. The van der Waals surface area contributed by atoms with Crippen LogP contribution in [0.15, 0.2) is 42.7 Å². The molecule has 0 N–H and O–H groups in total. The zero-order valence-electron chi connectivity index (χ0n) is 14.5. The second kappa shape index (κ2) is 6.03. The minimum Gasteiger partial charge on any atom is -0.367 e. The second-order valence-electron chi connectivity index (χ2n) is 7.06. The predicted molar refractivity (Wildman–Crippen MR) is 101 cm³/mol. The molecular weight excluding hydrogens is 324 g/mol. The fraction of sp³-hybridized carbons (Fsp3) is 0.350. The fourth-order valence-electron chi connectivity index (χ4n) is 3.62. The van der Waals surface area contributed by atoms with Crippen LogP contribution >= 0.6 is 0 Å². The van der Waals surface area contributed by atoms with Crippen molar-refractivity contribution in [2.75, 3.05) is 36.0 Å². The maximum Gasteiger partial charge on any atom is 0.142 e. The summed E-state index contributed by atoms with van der Waals surface area (Å²) < 4.78 is 2.16. The van der Waals surface area contributed by atoms with Gasteiger partial charge in [-0.2, -0.15) is 5.26 Å². The molecule has 4 heterocycles. The molecule has 2 fully saturated rings. The first-order valence-electron chi connectivity index (χ1n) is 9.16. The van der Waals surface area contributed by atoms with Crippen molar-refractivity contribution in [1.82, 2.24) is 14.4 Å². The third-order valence-electron chi connectivity index (χ3n) is 5.27. The van der Waals surface area contributed by atoms with E-state index >= 15 is 0 Å². The number of anilines is 2. The Balaban J connectivity index is 1.31. The molecule has 1 aliphatic heterocycles.